The maximum Gasteiger partial charge on any atom is 0.270 e. The molecule has 2 aliphatic carbocycles. The number of hydrogen-bond donors (Lipinski definition) is 2. The predicted molar refractivity (Wildman–Crippen MR) is 123 cm³/mol. The van der Waals surface area contributed by atoms with Crippen LogP contribution in [0.15, 0.2) is 15.9 Å². The van der Waals surface area contributed by atoms with Gasteiger partial charge in [0, 0.05) is 18.5 Å². The zero-order chi connectivity index (χ0) is 21.8. The molecular formula is C23H35N5O2S. The topological polar surface area (TPSA) is 101 Å². The Morgan fingerprint density at radius 1 is 1.23 bits per heavy atom. The van der Waals surface area contributed by atoms with E-state index in [2.05, 4.69) is 10.3 Å². The van der Waals surface area contributed by atoms with E-state index in [4.69, 9.17) is 10.7 Å². The lowest BCUT2D eigenvalue weighted by Crippen LogP contribution is -2.45. The van der Waals surface area contributed by atoms with Crippen LogP contribution in [0.25, 0.3) is 0 Å². The van der Waals surface area contributed by atoms with Crippen LogP contribution in [0.2, 0.25) is 0 Å². The van der Waals surface area contributed by atoms with Gasteiger partial charge in [0.25, 0.3) is 11.8 Å². The molecule has 2 heterocycles. The number of nitrogens with zero attached hydrogens (tertiary/aromatic N) is 3. The van der Waals surface area contributed by atoms with E-state index in [0.29, 0.717) is 23.5 Å². The second-order valence-corrected chi connectivity index (χ2v) is 10.4. The second-order valence-electron chi connectivity index (χ2n) is 9.69. The summed E-state index contributed by atoms with van der Waals surface area (Å²) in [5.41, 5.74) is 7.54. The molecule has 7 nitrogen and oxygen atoms in total. The summed E-state index contributed by atoms with van der Waals surface area (Å²) < 4.78 is 0. The van der Waals surface area contributed by atoms with E-state index in [9.17, 15) is 9.59 Å². The summed E-state index contributed by atoms with van der Waals surface area (Å²) in [5, 5.41) is 4.93. The Balaban J connectivity index is 1.41. The number of rotatable bonds is 7. The first-order valence-corrected chi connectivity index (χ1v) is 12.7. The van der Waals surface area contributed by atoms with E-state index in [1.165, 1.54) is 48.3 Å². The Kier molecular flexibility index (Phi) is 6.94. The first kappa shape index (κ1) is 22.2. The van der Waals surface area contributed by atoms with Gasteiger partial charge in [-0.25, -0.2) is 9.98 Å². The van der Waals surface area contributed by atoms with Crippen molar-refractivity contribution in [2.24, 2.45) is 22.6 Å². The molecule has 0 bridgehead atoms. The normalized spacial score (nSPS) is 29.8. The van der Waals surface area contributed by atoms with Crippen LogP contribution in [-0.2, 0) is 4.79 Å². The average molecular weight is 446 g/mol. The van der Waals surface area contributed by atoms with E-state index in [1.807, 2.05) is 0 Å². The molecule has 0 radical (unpaired) electrons. The van der Waals surface area contributed by atoms with E-state index >= 15 is 0 Å². The fourth-order valence-electron chi connectivity index (χ4n) is 5.74. The Hall–Kier alpha value is -1.96. The van der Waals surface area contributed by atoms with Crippen molar-refractivity contribution in [3.05, 3.63) is 16.6 Å². The van der Waals surface area contributed by atoms with Gasteiger partial charge in [-0.05, 0) is 43.9 Å². The molecule has 8 heteroatoms. The Morgan fingerprint density at radius 2 is 2.00 bits per heavy atom. The van der Waals surface area contributed by atoms with Crippen LogP contribution >= 0.6 is 11.3 Å². The van der Waals surface area contributed by atoms with Gasteiger partial charge < -0.3 is 11.1 Å². The number of carbonyl (C=O) groups excluding carboxylic acids is 2. The summed E-state index contributed by atoms with van der Waals surface area (Å²) in [7, 11) is 1.74. The first-order valence-electron chi connectivity index (χ1n) is 11.8. The molecule has 0 spiro atoms. The molecule has 0 saturated heterocycles. The van der Waals surface area contributed by atoms with Gasteiger partial charge in [-0.1, -0.05) is 44.9 Å². The summed E-state index contributed by atoms with van der Waals surface area (Å²) in [4.78, 5) is 36.1. The van der Waals surface area contributed by atoms with Crippen LogP contribution in [0.1, 0.15) is 87.5 Å². The van der Waals surface area contributed by atoms with Crippen molar-refractivity contribution in [3.63, 3.8) is 0 Å². The fraction of sp³-hybridized carbons (Fsp3) is 0.739. The molecule has 3 atom stereocenters. The number of nitrogens with two attached hydrogens (primary N) is 1. The number of thiazole rings is 1. The molecule has 4 rings (SSSR count). The molecule has 2 fully saturated rings. The van der Waals surface area contributed by atoms with E-state index in [-0.39, 0.29) is 17.9 Å². The molecule has 3 N–H and O–H groups in total. The van der Waals surface area contributed by atoms with Gasteiger partial charge in [0.15, 0.2) is 5.96 Å². The molecule has 1 aliphatic heterocycles. The Bertz CT molecular complexity index is 805. The van der Waals surface area contributed by atoms with Crippen molar-refractivity contribution >= 4 is 29.1 Å². The number of hydrogen-bond acceptors (Lipinski definition) is 6. The van der Waals surface area contributed by atoms with Crippen LogP contribution in [0, 0.1) is 11.8 Å². The van der Waals surface area contributed by atoms with Gasteiger partial charge in [-0.3, -0.25) is 14.5 Å². The third kappa shape index (κ3) is 5.10. The quantitative estimate of drug-likeness (QED) is 0.668. The summed E-state index contributed by atoms with van der Waals surface area (Å²) >= 11 is 1.43. The Morgan fingerprint density at radius 3 is 2.68 bits per heavy atom. The number of amides is 2. The third-order valence-electron chi connectivity index (χ3n) is 7.48. The van der Waals surface area contributed by atoms with E-state index in [0.717, 1.165) is 44.9 Å². The SMILES string of the molecule is CN1C(=O)[C@@](CCC2CCCCC2)(C[C@H]2CCC[C@@H](NC(=O)c3cscn3)C2)N=C1N. The Labute approximate surface area is 188 Å². The molecule has 2 saturated carbocycles. The first-order chi connectivity index (χ1) is 15.0. The van der Waals surface area contributed by atoms with Crippen LogP contribution in [0.5, 0.6) is 0 Å². The van der Waals surface area contributed by atoms with E-state index < -0.39 is 5.54 Å². The second kappa shape index (κ2) is 9.67. The zero-order valence-electron chi connectivity index (χ0n) is 18.5. The molecule has 170 valence electrons. The summed E-state index contributed by atoms with van der Waals surface area (Å²) in [6.07, 6.45) is 13.0. The number of aliphatic imine (C=N–C) groups is 1. The molecule has 0 unspecified atom stereocenters. The maximum atomic E-state index is 13.3. The maximum absolute atomic E-state index is 13.3. The number of guanidine groups is 1. The van der Waals surface area contributed by atoms with Gasteiger partial charge in [0.1, 0.15) is 11.2 Å². The smallest absolute Gasteiger partial charge is 0.270 e. The number of aromatic nitrogens is 1. The van der Waals surface area contributed by atoms with Crippen molar-refractivity contribution in [3.8, 4) is 0 Å². The molecule has 31 heavy (non-hydrogen) atoms. The summed E-state index contributed by atoms with van der Waals surface area (Å²) in [5.74, 6) is 1.36. The molecule has 1 aromatic heterocycles. The zero-order valence-corrected chi connectivity index (χ0v) is 19.3. The van der Waals surface area contributed by atoms with Gasteiger partial charge in [-0.2, -0.15) is 0 Å². The van der Waals surface area contributed by atoms with E-state index in [1.54, 1.807) is 17.9 Å². The molecule has 0 aromatic carbocycles. The van der Waals surface area contributed by atoms with Gasteiger partial charge in [-0.15, -0.1) is 11.3 Å². The van der Waals surface area contributed by atoms with Crippen LogP contribution in [0.3, 0.4) is 0 Å². The van der Waals surface area contributed by atoms with Crippen LogP contribution < -0.4 is 11.1 Å². The number of carbonyl (C=O) groups is 2. The minimum Gasteiger partial charge on any atom is -0.369 e. The monoisotopic (exact) mass is 445 g/mol. The molecule has 1 aromatic rings. The van der Waals surface area contributed by atoms with Crippen molar-refractivity contribution in [2.45, 2.75) is 88.6 Å². The van der Waals surface area contributed by atoms with Gasteiger partial charge >= 0.3 is 0 Å². The highest BCUT2D eigenvalue weighted by molar-refractivity contribution is 7.07. The minimum atomic E-state index is -0.720. The highest BCUT2D eigenvalue weighted by atomic mass is 32.1. The molecule has 3 aliphatic rings. The summed E-state index contributed by atoms with van der Waals surface area (Å²) in [6.45, 7) is 0. The number of likely N-dealkylation sites (N-methyl/N-ethyl adjacent to an activating group) is 1. The van der Waals surface area contributed by atoms with Crippen molar-refractivity contribution in [1.29, 1.82) is 0 Å². The largest absolute Gasteiger partial charge is 0.369 e. The number of nitrogens with one attached hydrogen (secondary N) is 1. The molecule has 2 amide bonds. The highest BCUT2D eigenvalue weighted by Gasteiger charge is 2.48. The minimum absolute atomic E-state index is 0.0504. The summed E-state index contributed by atoms with van der Waals surface area (Å²) in [6, 6.07) is 0.124. The lowest BCUT2D eigenvalue weighted by molar-refractivity contribution is -0.131. The third-order valence-corrected chi connectivity index (χ3v) is 8.06. The van der Waals surface area contributed by atoms with Crippen molar-refractivity contribution < 1.29 is 9.59 Å². The highest BCUT2D eigenvalue weighted by Crippen LogP contribution is 2.40. The van der Waals surface area contributed by atoms with Crippen molar-refractivity contribution in [2.75, 3.05) is 7.05 Å². The average Bonchev–Trinajstić information content (AvgIpc) is 3.38. The fourth-order valence-corrected chi connectivity index (χ4v) is 6.28. The van der Waals surface area contributed by atoms with Crippen LogP contribution in [-0.4, -0.2) is 46.3 Å². The predicted octanol–water partition coefficient (Wildman–Crippen LogP) is 3.71. The standard InChI is InChI=1S/C23H35N5O2S/c1-28-21(30)23(27-22(28)24,11-10-16-6-3-2-4-7-16)13-17-8-5-9-18(12-17)26-20(29)19-14-31-15-25-19/h14-18H,2-13H2,1H3,(H2,24,27)(H,26,29)/t17-,18+,23+/m0/s1. The van der Waals surface area contributed by atoms with Gasteiger partial charge in [0.05, 0.1) is 5.51 Å². The van der Waals surface area contributed by atoms with Crippen molar-refractivity contribution in [1.82, 2.24) is 15.2 Å². The molecular weight excluding hydrogens is 410 g/mol. The van der Waals surface area contributed by atoms with Crippen LogP contribution in [0.4, 0.5) is 0 Å². The van der Waals surface area contributed by atoms with Gasteiger partial charge in [0.2, 0.25) is 0 Å². The lowest BCUT2D eigenvalue weighted by Gasteiger charge is -2.35. The lowest BCUT2D eigenvalue weighted by atomic mass is 9.74.